The number of carbonyl (C=O) groups excluding carboxylic acids is 1. The summed E-state index contributed by atoms with van der Waals surface area (Å²) in [5, 5.41) is 0. The zero-order chi connectivity index (χ0) is 14.5. The molecule has 1 aliphatic heterocycles. The van der Waals surface area contributed by atoms with Gasteiger partial charge in [0, 0.05) is 32.2 Å². The Balaban J connectivity index is 0.00000220. The van der Waals surface area contributed by atoms with Gasteiger partial charge in [-0.05, 0) is 50.0 Å². The Morgan fingerprint density at radius 2 is 1.95 bits per heavy atom. The molecule has 2 rings (SSSR count). The molecule has 22 heavy (non-hydrogen) atoms. The quantitative estimate of drug-likeness (QED) is 0.909. The molecule has 2 N–H and O–H groups in total. The molecule has 0 aliphatic carbocycles. The van der Waals surface area contributed by atoms with Gasteiger partial charge in [0.05, 0.1) is 0 Å². The van der Waals surface area contributed by atoms with E-state index in [1.165, 1.54) is 19.4 Å². The number of piperidine rings is 1. The number of likely N-dealkylation sites (tertiary alicyclic amines) is 1. The lowest BCUT2D eigenvalue weighted by Crippen LogP contribution is -2.40. The summed E-state index contributed by atoms with van der Waals surface area (Å²) in [5.41, 5.74) is 7.37. The van der Waals surface area contributed by atoms with Crippen molar-refractivity contribution in [1.29, 1.82) is 0 Å². The van der Waals surface area contributed by atoms with Crippen molar-refractivity contribution in [2.75, 3.05) is 33.7 Å². The van der Waals surface area contributed by atoms with E-state index in [0.717, 1.165) is 24.2 Å². The number of benzene rings is 1. The average Bonchev–Trinajstić information content (AvgIpc) is 2.46. The van der Waals surface area contributed by atoms with Gasteiger partial charge in [-0.1, -0.05) is 12.1 Å². The minimum Gasteiger partial charge on any atom is -0.341 e. The largest absolute Gasteiger partial charge is 0.341 e. The first kappa shape index (κ1) is 21.2. The summed E-state index contributed by atoms with van der Waals surface area (Å²) in [6.07, 6.45) is 2.45. The molecule has 1 unspecified atom stereocenters. The summed E-state index contributed by atoms with van der Waals surface area (Å²) in [7, 11) is 4.05. The topological polar surface area (TPSA) is 49.6 Å². The molecule has 0 bridgehead atoms. The third kappa shape index (κ3) is 5.76. The molecule has 1 heterocycles. The summed E-state index contributed by atoms with van der Waals surface area (Å²) in [4.78, 5) is 16.6. The van der Waals surface area contributed by atoms with E-state index in [4.69, 9.17) is 5.73 Å². The molecule has 4 nitrogen and oxygen atoms in total. The molecule has 1 aliphatic rings. The van der Waals surface area contributed by atoms with Gasteiger partial charge in [0.2, 0.25) is 0 Å². The lowest BCUT2D eigenvalue weighted by molar-refractivity contribution is 0.0741. The number of carbonyl (C=O) groups is 1. The molecule has 0 saturated carbocycles. The van der Waals surface area contributed by atoms with Gasteiger partial charge < -0.3 is 15.5 Å². The number of hydrogen-bond donors (Lipinski definition) is 1. The van der Waals surface area contributed by atoms with Crippen molar-refractivity contribution in [2.24, 2.45) is 11.7 Å². The fourth-order valence-corrected chi connectivity index (χ4v) is 2.90. The molecule has 1 amide bonds. The van der Waals surface area contributed by atoms with Gasteiger partial charge in [-0.25, -0.2) is 0 Å². The molecule has 1 aromatic carbocycles. The molecule has 6 heteroatoms. The third-order valence-corrected chi connectivity index (χ3v) is 4.04. The fourth-order valence-electron chi connectivity index (χ4n) is 2.90. The van der Waals surface area contributed by atoms with Gasteiger partial charge in [0.1, 0.15) is 0 Å². The van der Waals surface area contributed by atoms with Gasteiger partial charge in [0.15, 0.2) is 0 Å². The Labute approximate surface area is 145 Å². The standard InChI is InChI=1S/C16H25N3O.2ClH/c1-18-9-3-4-14(11-18)12-19(2)16(20)15-7-5-13(10-17)6-8-15;;/h5-8,14H,3-4,9-12,17H2,1-2H3;2*1H. The highest BCUT2D eigenvalue weighted by atomic mass is 35.5. The van der Waals surface area contributed by atoms with Crippen molar-refractivity contribution in [3.05, 3.63) is 35.4 Å². The molecular formula is C16H27Cl2N3O. The van der Waals surface area contributed by atoms with Crippen LogP contribution < -0.4 is 5.73 Å². The first-order chi connectivity index (χ1) is 9.60. The highest BCUT2D eigenvalue weighted by molar-refractivity contribution is 5.94. The van der Waals surface area contributed by atoms with Gasteiger partial charge in [-0.15, -0.1) is 24.8 Å². The summed E-state index contributed by atoms with van der Waals surface area (Å²) in [5.74, 6) is 0.688. The van der Waals surface area contributed by atoms with E-state index in [1.54, 1.807) is 0 Å². The van der Waals surface area contributed by atoms with Gasteiger partial charge in [0.25, 0.3) is 5.91 Å². The second-order valence-electron chi connectivity index (χ2n) is 5.86. The minimum absolute atomic E-state index is 0. The van der Waals surface area contributed by atoms with Crippen molar-refractivity contribution in [1.82, 2.24) is 9.80 Å². The smallest absolute Gasteiger partial charge is 0.253 e. The van der Waals surface area contributed by atoms with Crippen LogP contribution in [0.1, 0.15) is 28.8 Å². The number of nitrogens with two attached hydrogens (primary N) is 1. The van der Waals surface area contributed by atoms with Crippen molar-refractivity contribution in [3.63, 3.8) is 0 Å². The van der Waals surface area contributed by atoms with E-state index >= 15 is 0 Å². The summed E-state index contributed by atoms with van der Waals surface area (Å²) in [6, 6.07) is 7.59. The van der Waals surface area contributed by atoms with E-state index in [-0.39, 0.29) is 30.7 Å². The van der Waals surface area contributed by atoms with E-state index in [1.807, 2.05) is 36.2 Å². The highest BCUT2D eigenvalue weighted by Gasteiger charge is 2.21. The maximum absolute atomic E-state index is 12.4. The zero-order valence-electron chi connectivity index (χ0n) is 13.3. The van der Waals surface area contributed by atoms with Crippen LogP contribution in [-0.2, 0) is 6.54 Å². The van der Waals surface area contributed by atoms with Crippen molar-refractivity contribution in [3.8, 4) is 0 Å². The number of rotatable bonds is 4. The van der Waals surface area contributed by atoms with Crippen LogP contribution in [0, 0.1) is 5.92 Å². The third-order valence-electron chi connectivity index (χ3n) is 4.04. The van der Waals surface area contributed by atoms with Crippen molar-refractivity contribution in [2.45, 2.75) is 19.4 Å². The van der Waals surface area contributed by atoms with E-state index in [2.05, 4.69) is 11.9 Å². The zero-order valence-corrected chi connectivity index (χ0v) is 15.0. The molecule has 1 aromatic rings. The van der Waals surface area contributed by atoms with Crippen LogP contribution in [0.4, 0.5) is 0 Å². The second-order valence-corrected chi connectivity index (χ2v) is 5.86. The molecule has 1 fully saturated rings. The predicted molar refractivity (Wildman–Crippen MR) is 96.0 cm³/mol. The van der Waals surface area contributed by atoms with Crippen LogP contribution in [0.5, 0.6) is 0 Å². The van der Waals surface area contributed by atoms with Gasteiger partial charge >= 0.3 is 0 Å². The molecule has 1 saturated heterocycles. The number of hydrogen-bond acceptors (Lipinski definition) is 3. The lowest BCUT2D eigenvalue weighted by atomic mass is 9.98. The number of amides is 1. The Morgan fingerprint density at radius 3 is 2.50 bits per heavy atom. The van der Waals surface area contributed by atoms with Crippen molar-refractivity contribution < 1.29 is 4.79 Å². The van der Waals surface area contributed by atoms with Crippen LogP contribution in [0.15, 0.2) is 24.3 Å². The molecule has 0 aromatic heterocycles. The van der Waals surface area contributed by atoms with Gasteiger partial charge in [-0.2, -0.15) is 0 Å². The Morgan fingerprint density at radius 1 is 1.32 bits per heavy atom. The normalized spacial score (nSPS) is 18.0. The summed E-state index contributed by atoms with van der Waals surface area (Å²) in [6.45, 7) is 3.61. The van der Waals surface area contributed by atoms with E-state index < -0.39 is 0 Å². The number of nitrogens with zero attached hydrogens (tertiary/aromatic N) is 2. The first-order valence-corrected chi connectivity index (χ1v) is 7.33. The summed E-state index contributed by atoms with van der Waals surface area (Å²) < 4.78 is 0. The highest BCUT2D eigenvalue weighted by Crippen LogP contribution is 2.17. The average molecular weight is 348 g/mol. The minimum atomic E-state index is 0. The SMILES string of the molecule is CN1CCCC(CN(C)C(=O)c2ccc(CN)cc2)C1.Cl.Cl. The fraction of sp³-hybridized carbons (Fsp3) is 0.562. The van der Waals surface area contributed by atoms with Crippen LogP contribution in [0.3, 0.4) is 0 Å². The number of halogens is 2. The monoisotopic (exact) mass is 347 g/mol. The van der Waals surface area contributed by atoms with Crippen LogP contribution >= 0.6 is 24.8 Å². The maximum Gasteiger partial charge on any atom is 0.253 e. The molecule has 0 radical (unpaired) electrons. The second kappa shape index (κ2) is 10.1. The van der Waals surface area contributed by atoms with Gasteiger partial charge in [-0.3, -0.25) is 4.79 Å². The van der Waals surface area contributed by atoms with Crippen LogP contribution in [0.2, 0.25) is 0 Å². The molecular weight excluding hydrogens is 321 g/mol. The Bertz CT molecular complexity index is 453. The van der Waals surface area contributed by atoms with Crippen molar-refractivity contribution >= 4 is 30.7 Å². The lowest BCUT2D eigenvalue weighted by Gasteiger charge is -2.32. The molecule has 126 valence electrons. The first-order valence-electron chi connectivity index (χ1n) is 7.33. The van der Waals surface area contributed by atoms with E-state index in [0.29, 0.717) is 12.5 Å². The van der Waals surface area contributed by atoms with Crippen LogP contribution in [-0.4, -0.2) is 49.4 Å². The summed E-state index contributed by atoms with van der Waals surface area (Å²) >= 11 is 0. The Hall–Kier alpha value is -0.810. The van der Waals surface area contributed by atoms with Crippen LogP contribution in [0.25, 0.3) is 0 Å². The molecule has 0 spiro atoms. The van der Waals surface area contributed by atoms with E-state index in [9.17, 15) is 4.79 Å². The molecule has 1 atom stereocenters. The maximum atomic E-state index is 12.4. The predicted octanol–water partition coefficient (Wildman–Crippen LogP) is 2.40. The Kier molecular flexibility index (Phi) is 9.69.